The molecule has 0 N–H and O–H groups in total. The van der Waals surface area contributed by atoms with Crippen molar-refractivity contribution in [3.05, 3.63) is 254 Å². The Balaban J connectivity index is 0.0000000898. The Hall–Kier alpha value is -11.6. The summed E-state index contributed by atoms with van der Waals surface area (Å²) in [4.78, 5) is 18.3. The highest BCUT2D eigenvalue weighted by molar-refractivity contribution is 7.25. The Labute approximate surface area is 534 Å². The number of hydrogen-bond acceptors (Lipinski definition) is 6. The van der Waals surface area contributed by atoms with Crippen molar-refractivity contribution in [1.82, 2.24) is 47.3 Å². The molecule has 22 rings (SSSR count). The number of aryl methyl sites for hydroxylation is 4. The zero-order valence-corrected chi connectivity index (χ0v) is 51.2. The standard InChI is InChI=1S/C21H14N3O.C21H14N3S.2C17H15N4/c2*1-2-7-15(8-3-1)24-19-17-10-11-22-12-18(17)25-21(19)23-13-14-6-4-5-9-16(14)20(23)24;2*1-19-14-9-18-8-7-13(14)15-17(19)21-10-11-5-3-4-6-12(11)16(21)20(15)2/h2*1-12H,13H2;2*3-9H,10H2,1-2H3/q4*+1/i;;1D3;. The predicted octanol–water partition coefficient (Wildman–Crippen LogP) is 13.4. The molecule has 0 saturated heterocycles. The van der Waals surface area contributed by atoms with Crippen molar-refractivity contribution < 1.29 is 26.8 Å². The molecule has 15 nitrogen and oxygen atoms in total. The highest BCUT2D eigenvalue weighted by Gasteiger charge is 2.41. The van der Waals surface area contributed by atoms with Crippen LogP contribution in [0.2, 0.25) is 0 Å². The van der Waals surface area contributed by atoms with Gasteiger partial charge < -0.3 is 4.42 Å². The molecule has 0 atom stereocenters. The number of furan rings is 1. The lowest BCUT2D eigenvalue weighted by molar-refractivity contribution is -0.652. The number of para-hydroxylation sites is 2. The van der Waals surface area contributed by atoms with Crippen LogP contribution in [0.3, 0.4) is 0 Å². The van der Waals surface area contributed by atoms with Crippen molar-refractivity contribution in [3.63, 3.8) is 0 Å². The fourth-order valence-electron chi connectivity index (χ4n) is 15.3. The second-order valence-electron chi connectivity index (χ2n) is 24.0. The summed E-state index contributed by atoms with van der Waals surface area (Å²) in [5.41, 5.74) is 22.9. The van der Waals surface area contributed by atoms with E-state index in [0.29, 0.717) is 12.1 Å². The maximum atomic E-state index is 8.03. The second kappa shape index (κ2) is 19.9. The van der Waals surface area contributed by atoms with Crippen LogP contribution in [0, 0.1) is 0 Å². The van der Waals surface area contributed by atoms with Crippen LogP contribution in [-0.2, 0) is 54.3 Å². The topological polar surface area (TPSA) is 110 Å². The summed E-state index contributed by atoms with van der Waals surface area (Å²) in [5.74, 6) is 4.80. The molecule has 0 bridgehead atoms. The van der Waals surface area contributed by atoms with Crippen LogP contribution in [0.15, 0.2) is 236 Å². The fourth-order valence-corrected chi connectivity index (χ4v) is 16.4. The van der Waals surface area contributed by atoms with Crippen LogP contribution in [0.5, 0.6) is 0 Å². The van der Waals surface area contributed by atoms with Crippen molar-refractivity contribution >= 4 is 98.1 Å². The molecule has 12 aromatic heterocycles. The summed E-state index contributed by atoms with van der Waals surface area (Å²) in [6, 6.07) is 63.5. The summed E-state index contributed by atoms with van der Waals surface area (Å²) in [6.07, 6.45) is 14.6. The molecule has 0 spiro atoms. The summed E-state index contributed by atoms with van der Waals surface area (Å²) < 4.78 is 53.6. The average molecular weight is 1220 g/mol. The van der Waals surface area contributed by atoms with Gasteiger partial charge in [-0.25, -0.2) is 13.7 Å². The number of benzene rings is 6. The third kappa shape index (κ3) is 7.37. The van der Waals surface area contributed by atoms with E-state index in [-0.39, 0.29) is 0 Å². The molecule has 440 valence electrons. The molecule has 0 unspecified atom stereocenters. The van der Waals surface area contributed by atoms with Crippen LogP contribution in [0.25, 0.3) is 144 Å². The predicted molar refractivity (Wildman–Crippen MR) is 361 cm³/mol. The largest absolute Gasteiger partial charge is 0.417 e. The van der Waals surface area contributed by atoms with Crippen LogP contribution in [-0.4, -0.2) is 47.3 Å². The van der Waals surface area contributed by atoms with Crippen molar-refractivity contribution in [2.45, 2.75) is 26.2 Å². The summed E-state index contributed by atoms with van der Waals surface area (Å²) in [6.45, 7) is 1.13. The highest BCUT2D eigenvalue weighted by atomic mass is 32.1. The van der Waals surface area contributed by atoms with Crippen molar-refractivity contribution in [3.8, 4) is 56.9 Å². The minimum Gasteiger partial charge on any atom is -0.417 e. The van der Waals surface area contributed by atoms with Crippen molar-refractivity contribution in [2.24, 2.45) is 28.1 Å². The maximum absolute atomic E-state index is 8.03. The van der Waals surface area contributed by atoms with Gasteiger partial charge in [0.2, 0.25) is 22.0 Å². The molecule has 0 aliphatic carbocycles. The molecule has 0 saturated carbocycles. The van der Waals surface area contributed by atoms with Gasteiger partial charge in [0.1, 0.15) is 35.5 Å². The molecular formula is C76H58N14OS+4. The lowest BCUT2D eigenvalue weighted by Crippen LogP contribution is -2.33. The number of fused-ring (bicyclic) bond motifs is 28. The number of thiophene rings is 1. The molecular weight excluding hydrogens is 1160 g/mol. The van der Waals surface area contributed by atoms with E-state index >= 15 is 0 Å². The monoisotopic (exact) mass is 1220 g/mol. The van der Waals surface area contributed by atoms with Crippen molar-refractivity contribution in [1.29, 1.82) is 0 Å². The number of rotatable bonds is 2. The van der Waals surface area contributed by atoms with E-state index in [1.54, 1.807) is 18.6 Å². The number of pyridine rings is 4. The molecule has 4 aliphatic heterocycles. The van der Waals surface area contributed by atoms with Gasteiger partial charge in [0.25, 0.3) is 22.9 Å². The molecule has 92 heavy (non-hydrogen) atoms. The number of aromatic nitrogens is 14. The summed E-state index contributed by atoms with van der Waals surface area (Å²) in [5, 5.41) is 4.55. The lowest BCUT2D eigenvalue weighted by Gasteiger charge is -2.02. The third-order valence-corrected chi connectivity index (χ3v) is 20.3. The SMILES string of the molecule is Cn1c2[n+](c3c1c1ccncc1n3C)Cc1ccccc1-2.[2H]C([2H])([2H])n1c2cnccc2c2c1[n+]1c(n2C)-c2ccccc2C1.c1ccc(-n2c3[n+](c4oc5cnccc5c42)Cc2ccccc2-3)cc1.c1ccc(-n2c3[n+](c4sc5cnccc5c42)Cc2ccccc2-3)cc1. The van der Waals surface area contributed by atoms with Gasteiger partial charge in [-0.05, 0) is 72.8 Å². The maximum Gasteiger partial charge on any atom is 0.340 e. The minimum atomic E-state index is -2.26. The molecule has 16 heteroatoms. The van der Waals surface area contributed by atoms with Gasteiger partial charge in [0.15, 0.2) is 22.1 Å². The van der Waals surface area contributed by atoms with E-state index in [1.807, 2.05) is 79.7 Å². The van der Waals surface area contributed by atoms with Gasteiger partial charge in [0, 0.05) is 58.6 Å². The first-order chi connectivity index (χ1) is 46.6. The van der Waals surface area contributed by atoms with E-state index in [2.05, 4.69) is 227 Å². The summed E-state index contributed by atoms with van der Waals surface area (Å²) >= 11 is 1.83. The Kier molecular flexibility index (Phi) is 10.7. The third-order valence-electron chi connectivity index (χ3n) is 19.1. The van der Waals surface area contributed by atoms with E-state index in [0.717, 1.165) is 75.5 Å². The highest BCUT2D eigenvalue weighted by Crippen LogP contribution is 2.43. The Morgan fingerprint density at radius 1 is 0.391 bits per heavy atom. The number of hydrogen-bond donors (Lipinski definition) is 0. The number of nitrogens with zero attached hydrogens (tertiary/aromatic N) is 14. The molecule has 18 aromatic rings. The summed E-state index contributed by atoms with van der Waals surface area (Å²) in [7, 11) is 6.29. The molecule has 0 fully saturated rings. The second-order valence-corrected chi connectivity index (χ2v) is 25.0. The molecule has 4 aliphatic rings. The molecule has 6 aromatic carbocycles. The van der Waals surface area contributed by atoms with Gasteiger partial charge in [-0.15, -0.1) is 0 Å². The van der Waals surface area contributed by atoms with Crippen LogP contribution in [0.1, 0.15) is 26.4 Å². The van der Waals surface area contributed by atoms with Gasteiger partial charge in [-0.2, -0.15) is 13.7 Å². The zero-order valence-electron chi connectivity index (χ0n) is 53.3. The first-order valence-corrected chi connectivity index (χ1v) is 31.6. The van der Waals surface area contributed by atoms with Gasteiger partial charge in [-0.3, -0.25) is 38.2 Å². The zero-order chi connectivity index (χ0) is 63.5. The normalized spacial score (nSPS) is 13.4. The number of imidazole rings is 4. The quantitative estimate of drug-likeness (QED) is 0.160. The van der Waals surface area contributed by atoms with Gasteiger partial charge >= 0.3 is 5.71 Å². The van der Waals surface area contributed by atoms with E-state index in [1.165, 1.54) is 109 Å². The first-order valence-electron chi connectivity index (χ1n) is 32.3. The Bertz CT molecular complexity index is 6020. The van der Waals surface area contributed by atoms with E-state index in [4.69, 9.17) is 8.53 Å². The van der Waals surface area contributed by atoms with Gasteiger partial charge in [0.05, 0.1) is 107 Å². The smallest absolute Gasteiger partial charge is 0.340 e. The minimum absolute atomic E-state index is 0.643. The Morgan fingerprint density at radius 2 is 0.815 bits per heavy atom. The van der Waals surface area contributed by atoms with Gasteiger partial charge in [-0.1, -0.05) is 121 Å². The first kappa shape index (κ1) is 49.3. The van der Waals surface area contributed by atoms with Crippen LogP contribution < -0.4 is 18.3 Å². The molecule has 0 amide bonds. The van der Waals surface area contributed by atoms with Crippen LogP contribution >= 0.6 is 11.3 Å². The average Bonchev–Trinajstić information content (AvgIpc) is 1.56. The molecule has 16 heterocycles. The van der Waals surface area contributed by atoms with Crippen LogP contribution in [0.4, 0.5) is 0 Å². The van der Waals surface area contributed by atoms with E-state index < -0.39 is 6.98 Å². The lowest BCUT2D eigenvalue weighted by atomic mass is 10.1. The van der Waals surface area contributed by atoms with E-state index in [9.17, 15) is 0 Å². The molecule has 0 radical (unpaired) electrons. The Morgan fingerprint density at radius 3 is 1.37 bits per heavy atom. The fraction of sp³-hybridized carbons (Fsp3) is 0.105. The van der Waals surface area contributed by atoms with Crippen molar-refractivity contribution in [2.75, 3.05) is 0 Å².